The van der Waals surface area contributed by atoms with Crippen LogP contribution in [0.5, 0.6) is 0 Å². The van der Waals surface area contributed by atoms with E-state index < -0.39 is 10.0 Å². The summed E-state index contributed by atoms with van der Waals surface area (Å²) in [5.41, 5.74) is 0. The lowest BCUT2D eigenvalue weighted by atomic mass is 9.98. The van der Waals surface area contributed by atoms with Gasteiger partial charge in [-0.1, -0.05) is 11.6 Å². The van der Waals surface area contributed by atoms with Crippen molar-refractivity contribution in [2.24, 2.45) is 5.92 Å². The molecule has 1 saturated heterocycles. The van der Waals surface area contributed by atoms with Gasteiger partial charge in [-0.15, -0.1) is 0 Å². The Morgan fingerprint density at radius 3 is 2.43 bits per heavy atom. The second kappa shape index (κ2) is 7.64. The van der Waals surface area contributed by atoms with Crippen LogP contribution in [0.15, 0.2) is 29.2 Å². The molecule has 1 aromatic rings. The lowest BCUT2D eigenvalue weighted by molar-refractivity contribution is -0.136. The van der Waals surface area contributed by atoms with Crippen LogP contribution >= 0.6 is 11.6 Å². The molecule has 0 aliphatic carbocycles. The van der Waals surface area contributed by atoms with Gasteiger partial charge in [-0.3, -0.25) is 4.79 Å². The van der Waals surface area contributed by atoms with Gasteiger partial charge in [-0.05, 0) is 51.0 Å². The van der Waals surface area contributed by atoms with Gasteiger partial charge in [0.1, 0.15) is 0 Å². The summed E-state index contributed by atoms with van der Waals surface area (Å²) in [5.74, 6) is -0.211. The van der Waals surface area contributed by atoms with E-state index in [1.807, 2.05) is 13.8 Å². The first-order valence-corrected chi connectivity index (χ1v) is 9.76. The van der Waals surface area contributed by atoms with Gasteiger partial charge in [0, 0.05) is 31.2 Å². The molecule has 0 N–H and O–H groups in total. The van der Waals surface area contributed by atoms with Crippen molar-refractivity contribution in [1.82, 2.24) is 9.21 Å². The number of piperidine rings is 1. The van der Waals surface area contributed by atoms with Gasteiger partial charge in [-0.2, -0.15) is 4.31 Å². The number of nitrogens with zero attached hydrogens (tertiary/aromatic N) is 2. The predicted molar refractivity (Wildman–Crippen MR) is 90.9 cm³/mol. The number of carbonyl (C=O) groups excluding carboxylic acids is 1. The molecule has 0 radical (unpaired) electrons. The third kappa shape index (κ3) is 4.05. The van der Waals surface area contributed by atoms with E-state index in [4.69, 9.17) is 11.6 Å². The Bertz CT molecular complexity index is 642. The fourth-order valence-electron chi connectivity index (χ4n) is 2.91. The van der Waals surface area contributed by atoms with Crippen LogP contribution in [0.3, 0.4) is 0 Å². The number of sulfonamides is 1. The van der Waals surface area contributed by atoms with E-state index >= 15 is 0 Å². The molecule has 1 amide bonds. The van der Waals surface area contributed by atoms with Crippen molar-refractivity contribution in [3.8, 4) is 0 Å². The minimum Gasteiger partial charge on any atom is -0.343 e. The van der Waals surface area contributed by atoms with Crippen LogP contribution in [-0.2, 0) is 14.8 Å². The van der Waals surface area contributed by atoms with Crippen LogP contribution in [0, 0.1) is 5.92 Å². The van der Waals surface area contributed by atoms with Crippen molar-refractivity contribution in [2.45, 2.75) is 31.6 Å². The highest BCUT2D eigenvalue weighted by molar-refractivity contribution is 7.89. The molecule has 7 heteroatoms. The number of hydrogen-bond acceptors (Lipinski definition) is 3. The first kappa shape index (κ1) is 18.2. The standard InChI is InChI=1S/C16H23ClN2O3S/c1-3-18(4-2)16(20)13-6-5-11-19(12-13)23(21,22)15-9-7-14(17)8-10-15/h7-10,13H,3-6,11-12H2,1-2H3/t13-/m1/s1. The summed E-state index contributed by atoms with van der Waals surface area (Å²) < 4.78 is 26.9. The quantitative estimate of drug-likeness (QED) is 0.813. The van der Waals surface area contributed by atoms with E-state index in [9.17, 15) is 13.2 Å². The average Bonchev–Trinajstić information content (AvgIpc) is 2.56. The summed E-state index contributed by atoms with van der Waals surface area (Å²) in [6.45, 7) is 5.87. The maximum atomic E-state index is 12.7. The summed E-state index contributed by atoms with van der Waals surface area (Å²) in [4.78, 5) is 14.5. The molecule has 0 unspecified atom stereocenters. The molecule has 1 heterocycles. The summed E-state index contributed by atoms with van der Waals surface area (Å²) in [6.07, 6.45) is 1.44. The van der Waals surface area contributed by atoms with Crippen molar-refractivity contribution in [3.05, 3.63) is 29.3 Å². The monoisotopic (exact) mass is 358 g/mol. The van der Waals surface area contributed by atoms with Gasteiger partial charge in [0.25, 0.3) is 0 Å². The van der Waals surface area contributed by atoms with E-state index in [1.54, 1.807) is 17.0 Å². The minimum absolute atomic E-state index is 0.0472. The third-order valence-electron chi connectivity index (χ3n) is 4.26. The van der Waals surface area contributed by atoms with Gasteiger partial charge in [0.2, 0.25) is 15.9 Å². The van der Waals surface area contributed by atoms with Crippen LogP contribution in [0.4, 0.5) is 0 Å². The molecule has 1 atom stereocenters. The summed E-state index contributed by atoms with van der Waals surface area (Å²) in [6, 6.07) is 6.15. The van der Waals surface area contributed by atoms with Crippen molar-refractivity contribution in [3.63, 3.8) is 0 Å². The normalized spacial score (nSPS) is 19.5. The Balaban J connectivity index is 2.17. The molecule has 1 aromatic carbocycles. The highest BCUT2D eigenvalue weighted by Gasteiger charge is 2.34. The zero-order valence-electron chi connectivity index (χ0n) is 13.5. The molecule has 5 nitrogen and oxygen atoms in total. The van der Waals surface area contributed by atoms with Gasteiger partial charge >= 0.3 is 0 Å². The Labute approximate surface area is 143 Å². The van der Waals surface area contributed by atoms with Crippen molar-refractivity contribution >= 4 is 27.5 Å². The number of hydrogen-bond donors (Lipinski definition) is 0. The van der Waals surface area contributed by atoms with Gasteiger partial charge in [0.05, 0.1) is 10.8 Å². The maximum absolute atomic E-state index is 12.7. The summed E-state index contributed by atoms with van der Waals surface area (Å²) >= 11 is 5.82. The lowest BCUT2D eigenvalue weighted by Crippen LogP contribution is -2.46. The first-order valence-electron chi connectivity index (χ1n) is 7.94. The Morgan fingerprint density at radius 2 is 1.87 bits per heavy atom. The van der Waals surface area contributed by atoms with Crippen LogP contribution < -0.4 is 0 Å². The molecule has 0 spiro atoms. The lowest BCUT2D eigenvalue weighted by Gasteiger charge is -2.33. The smallest absolute Gasteiger partial charge is 0.243 e. The van der Waals surface area contributed by atoms with Crippen molar-refractivity contribution < 1.29 is 13.2 Å². The average molecular weight is 359 g/mol. The van der Waals surface area contributed by atoms with E-state index in [0.29, 0.717) is 31.1 Å². The van der Waals surface area contributed by atoms with E-state index in [2.05, 4.69) is 0 Å². The Morgan fingerprint density at radius 1 is 1.26 bits per heavy atom. The largest absolute Gasteiger partial charge is 0.343 e. The fourth-order valence-corrected chi connectivity index (χ4v) is 4.56. The second-order valence-corrected chi connectivity index (χ2v) is 8.04. The number of carbonyl (C=O) groups is 1. The molecule has 1 fully saturated rings. The fraction of sp³-hybridized carbons (Fsp3) is 0.562. The zero-order valence-corrected chi connectivity index (χ0v) is 15.1. The van der Waals surface area contributed by atoms with Crippen LogP contribution in [0.25, 0.3) is 0 Å². The Hall–Kier alpha value is -1.11. The van der Waals surface area contributed by atoms with Gasteiger partial charge < -0.3 is 4.90 Å². The summed E-state index contributed by atoms with van der Waals surface area (Å²) in [7, 11) is -3.58. The molecule has 0 saturated carbocycles. The molecule has 128 valence electrons. The molecular formula is C16H23ClN2O3S. The summed E-state index contributed by atoms with van der Waals surface area (Å²) in [5, 5.41) is 0.497. The van der Waals surface area contributed by atoms with Crippen molar-refractivity contribution in [1.29, 1.82) is 0 Å². The van der Waals surface area contributed by atoms with Crippen LogP contribution in [0.2, 0.25) is 5.02 Å². The van der Waals surface area contributed by atoms with E-state index in [-0.39, 0.29) is 23.3 Å². The highest BCUT2D eigenvalue weighted by atomic mass is 35.5. The first-order chi connectivity index (χ1) is 10.9. The molecular weight excluding hydrogens is 336 g/mol. The number of rotatable bonds is 5. The van der Waals surface area contributed by atoms with E-state index in [1.165, 1.54) is 16.4 Å². The number of amides is 1. The molecule has 2 rings (SSSR count). The van der Waals surface area contributed by atoms with Gasteiger partial charge in [0.15, 0.2) is 0 Å². The minimum atomic E-state index is -3.58. The van der Waals surface area contributed by atoms with Crippen LogP contribution in [-0.4, -0.2) is 49.7 Å². The van der Waals surface area contributed by atoms with E-state index in [0.717, 1.165) is 6.42 Å². The van der Waals surface area contributed by atoms with Crippen molar-refractivity contribution in [2.75, 3.05) is 26.2 Å². The topological polar surface area (TPSA) is 57.7 Å². The zero-order chi connectivity index (χ0) is 17.0. The SMILES string of the molecule is CCN(CC)C(=O)[C@@H]1CCCN(S(=O)(=O)c2ccc(Cl)cc2)C1. The highest BCUT2D eigenvalue weighted by Crippen LogP contribution is 2.25. The molecule has 0 aromatic heterocycles. The number of halogens is 1. The third-order valence-corrected chi connectivity index (χ3v) is 6.39. The number of benzene rings is 1. The maximum Gasteiger partial charge on any atom is 0.243 e. The molecule has 1 aliphatic heterocycles. The van der Waals surface area contributed by atoms with Crippen LogP contribution in [0.1, 0.15) is 26.7 Å². The second-order valence-electron chi connectivity index (χ2n) is 5.67. The molecule has 0 bridgehead atoms. The predicted octanol–water partition coefficient (Wildman–Crippen LogP) is 2.61. The molecule has 23 heavy (non-hydrogen) atoms. The molecule has 1 aliphatic rings. The van der Waals surface area contributed by atoms with Gasteiger partial charge in [-0.25, -0.2) is 8.42 Å². The Kier molecular flexibility index (Phi) is 6.06.